The van der Waals surface area contributed by atoms with Crippen LogP contribution in [0, 0.1) is 0 Å². The molecule has 19 heavy (non-hydrogen) atoms. The first-order valence-corrected chi connectivity index (χ1v) is 6.62. The summed E-state index contributed by atoms with van der Waals surface area (Å²) in [4.78, 5) is 11.5. The van der Waals surface area contributed by atoms with E-state index in [1.807, 2.05) is 6.07 Å². The highest BCUT2D eigenvalue weighted by Gasteiger charge is 2.27. The van der Waals surface area contributed by atoms with Crippen molar-refractivity contribution in [3.05, 3.63) is 29.8 Å². The number of hydrogen-bond donors (Lipinski definition) is 1. The lowest BCUT2D eigenvalue weighted by Gasteiger charge is -2.08. The third-order valence-corrected chi connectivity index (χ3v) is 2.75. The van der Waals surface area contributed by atoms with Gasteiger partial charge < -0.3 is 10.1 Å². The first-order valence-electron chi connectivity index (χ1n) is 5.50. The smallest absolute Gasteiger partial charge is 0.372 e. The molecule has 0 atom stereocenters. The molecule has 0 heterocycles. The lowest BCUT2D eigenvalue weighted by atomic mass is 10.2. The molecule has 0 saturated heterocycles. The van der Waals surface area contributed by atoms with E-state index >= 15 is 0 Å². The summed E-state index contributed by atoms with van der Waals surface area (Å²) in [6.07, 6.45) is -4.48. The van der Waals surface area contributed by atoms with E-state index in [9.17, 15) is 18.0 Å². The molecule has 3 nitrogen and oxygen atoms in total. The molecule has 1 amide bonds. The Hall–Kier alpha value is -1.08. The fourth-order valence-electron chi connectivity index (χ4n) is 1.31. The van der Waals surface area contributed by atoms with Crippen LogP contribution in [0.5, 0.6) is 0 Å². The van der Waals surface area contributed by atoms with Crippen LogP contribution in [0.3, 0.4) is 0 Å². The summed E-state index contributed by atoms with van der Waals surface area (Å²) in [7, 11) is 0. The predicted molar refractivity (Wildman–Crippen MR) is 69.2 cm³/mol. The van der Waals surface area contributed by atoms with E-state index in [1.165, 1.54) is 0 Å². The summed E-state index contributed by atoms with van der Waals surface area (Å²) in [6.45, 7) is -1.59. The van der Waals surface area contributed by atoms with Crippen molar-refractivity contribution >= 4 is 27.5 Å². The first-order chi connectivity index (χ1) is 8.90. The molecule has 0 fully saturated rings. The van der Waals surface area contributed by atoms with Gasteiger partial charge in [-0.2, -0.15) is 13.2 Å². The number of benzene rings is 1. The molecule has 0 aromatic heterocycles. The van der Waals surface area contributed by atoms with Crippen LogP contribution >= 0.6 is 15.9 Å². The minimum absolute atomic E-state index is 0.116. The Balaban J connectivity index is 2.31. The molecule has 0 spiro atoms. The Morgan fingerprint density at radius 1 is 1.37 bits per heavy atom. The van der Waals surface area contributed by atoms with Crippen molar-refractivity contribution in [1.82, 2.24) is 0 Å². The van der Waals surface area contributed by atoms with Gasteiger partial charge >= 0.3 is 6.18 Å². The topological polar surface area (TPSA) is 38.3 Å². The van der Waals surface area contributed by atoms with E-state index in [2.05, 4.69) is 26.0 Å². The van der Waals surface area contributed by atoms with E-state index in [1.54, 1.807) is 18.2 Å². The first kappa shape index (κ1) is 16.0. The molecular formula is C12H13BrF3NO2. The van der Waals surface area contributed by atoms with Crippen LogP contribution in [0.4, 0.5) is 18.9 Å². The summed E-state index contributed by atoms with van der Waals surface area (Å²) < 4.78 is 39.7. The Morgan fingerprint density at radius 3 is 2.74 bits per heavy atom. The standard InChI is InChI=1S/C12H13BrF3NO2/c13-7-9-2-1-3-10(6-9)17-11(18)4-5-19-8-12(14,15)16/h1-3,6H,4-5,7-8H2,(H,17,18). The number of anilines is 1. The zero-order valence-electron chi connectivity index (χ0n) is 9.97. The minimum atomic E-state index is -4.36. The summed E-state index contributed by atoms with van der Waals surface area (Å²) in [5, 5.41) is 3.25. The zero-order valence-corrected chi connectivity index (χ0v) is 11.6. The highest BCUT2D eigenvalue weighted by atomic mass is 79.9. The maximum Gasteiger partial charge on any atom is 0.411 e. The molecule has 0 bridgehead atoms. The van der Waals surface area contributed by atoms with Gasteiger partial charge in [0.1, 0.15) is 6.61 Å². The van der Waals surface area contributed by atoms with Crippen LogP contribution in [-0.4, -0.2) is 25.3 Å². The Kier molecular flexibility index (Phi) is 6.30. The van der Waals surface area contributed by atoms with Crippen LogP contribution in [-0.2, 0) is 14.9 Å². The average Bonchev–Trinajstić information content (AvgIpc) is 2.34. The number of rotatable bonds is 6. The summed E-state index contributed by atoms with van der Waals surface area (Å²) in [6, 6.07) is 7.16. The molecule has 1 N–H and O–H groups in total. The van der Waals surface area contributed by atoms with Crippen LogP contribution < -0.4 is 5.32 Å². The number of hydrogen-bond acceptors (Lipinski definition) is 2. The number of ether oxygens (including phenoxy) is 1. The normalized spacial score (nSPS) is 11.4. The molecular weight excluding hydrogens is 327 g/mol. The van der Waals surface area contributed by atoms with Crippen LogP contribution in [0.2, 0.25) is 0 Å². The van der Waals surface area contributed by atoms with Crippen LogP contribution in [0.1, 0.15) is 12.0 Å². The van der Waals surface area contributed by atoms with Crippen molar-refractivity contribution in [2.24, 2.45) is 0 Å². The summed E-state index contributed by atoms with van der Waals surface area (Å²) >= 11 is 3.29. The molecule has 106 valence electrons. The predicted octanol–water partition coefficient (Wildman–Crippen LogP) is 3.49. The fourth-order valence-corrected chi connectivity index (χ4v) is 1.66. The molecule has 0 unspecified atom stereocenters. The molecule has 1 aromatic rings. The van der Waals surface area contributed by atoms with Crippen LogP contribution in [0.25, 0.3) is 0 Å². The Morgan fingerprint density at radius 2 is 2.11 bits per heavy atom. The second-order valence-electron chi connectivity index (χ2n) is 3.80. The largest absolute Gasteiger partial charge is 0.411 e. The second kappa shape index (κ2) is 7.49. The van der Waals surface area contributed by atoms with Crippen molar-refractivity contribution < 1.29 is 22.7 Å². The van der Waals surface area contributed by atoms with E-state index < -0.39 is 12.8 Å². The van der Waals surface area contributed by atoms with Gasteiger partial charge in [-0.3, -0.25) is 4.79 Å². The van der Waals surface area contributed by atoms with Crippen LogP contribution in [0.15, 0.2) is 24.3 Å². The number of nitrogens with one attached hydrogen (secondary N) is 1. The number of carbonyl (C=O) groups is 1. The van der Waals surface area contributed by atoms with Gasteiger partial charge in [-0.05, 0) is 17.7 Å². The van der Waals surface area contributed by atoms with Crippen molar-refractivity contribution in [1.29, 1.82) is 0 Å². The maximum absolute atomic E-state index is 11.8. The molecule has 0 saturated carbocycles. The number of carbonyl (C=O) groups excluding carboxylic acids is 1. The Labute approximate surface area is 117 Å². The van der Waals surface area contributed by atoms with Gasteiger partial charge in [0.15, 0.2) is 0 Å². The minimum Gasteiger partial charge on any atom is -0.372 e. The third-order valence-electron chi connectivity index (χ3n) is 2.10. The number of amides is 1. The van der Waals surface area contributed by atoms with E-state index in [-0.39, 0.29) is 18.9 Å². The van der Waals surface area contributed by atoms with Crippen molar-refractivity contribution in [3.8, 4) is 0 Å². The molecule has 0 aliphatic rings. The maximum atomic E-state index is 11.8. The lowest BCUT2D eigenvalue weighted by Crippen LogP contribution is -2.20. The van der Waals surface area contributed by atoms with Crippen molar-refractivity contribution in [3.63, 3.8) is 0 Å². The fraction of sp³-hybridized carbons (Fsp3) is 0.417. The van der Waals surface area contributed by atoms with Gasteiger partial charge in [0.05, 0.1) is 13.0 Å². The third kappa shape index (κ3) is 7.17. The molecule has 7 heteroatoms. The molecule has 0 aliphatic carbocycles. The van der Waals surface area contributed by atoms with Gasteiger partial charge in [-0.15, -0.1) is 0 Å². The highest BCUT2D eigenvalue weighted by Crippen LogP contribution is 2.15. The van der Waals surface area contributed by atoms with E-state index in [0.717, 1.165) is 5.56 Å². The van der Waals surface area contributed by atoms with Crippen molar-refractivity contribution in [2.75, 3.05) is 18.5 Å². The van der Waals surface area contributed by atoms with Gasteiger partial charge in [0, 0.05) is 11.0 Å². The highest BCUT2D eigenvalue weighted by molar-refractivity contribution is 9.08. The lowest BCUT2D eigenvalue weighted by molar-refractivity contribution is -0.174. The van der Waals surface area contributed by atoms with Gasteiger partial charge in [-0.1, -0.05) is 28.1 Å². The molecule has 1 rings (SSSR count). The summed E-state index contributed by atoms with van der Waals surface area (Å²) in [5.41, 5.74) is 1.60. The van der Waals surface area contributed by atoms with Gasteiger partial charge in [0.2, 0.25) is 5.91 Å². The van der Waals surface area contributed by atoms with Gasteiger partial charge in [0.25, 0.3) is 0 Å². The average molecular weight is 340 g/mol. The van der Waals surface area contributed by atoms with E-state index in [0.29, 0.717) is 11.0 Å². The number of alkyl halides is 4. The SMILES string of the molecule is O=C(CCOCC(F)(F)F)Nc1cccc(CBr)c1. The zero-order chi connectivity index (χ0) is 14.3. The quantitative estimate of drug-likeness (QED) is 0.636. The van der Waals surface area contributed by atoms with E-state index in [4.69, 9.17) is 0 Å². The Bertz CT molecular complexity index is 424. The van der Waals surface area contributed by atoms with Gasteiger partial charge in [-0.25, -0.2) is 0 Å². The monoisotopic (exact) mass is 339 g/mol. The second-order valence-corrected chi connectivity index (χ2v) is 4.36. The molecule has 0 radical (unpaired) electrons. The molecule has 0 aliphatic heterocycles. The summed E-state index contributed by atoms with van der Waals surface area (Å²) in [5.74, 6) is -0.381. The van der Waals surface area contributed by atoms with Crippen molar-refractivity contribution in [2.45, 2.75) is 17.9 Å². The molecule has 1 aromatic carbocycles. The number of halogens is 4.